The van der Waals surface area contributed by atoms with E-state index < -0.39 is 33.7 Å². The number of nitrogens with one attached hydrogen (secondary N) is 1. The molecule has 0 bridgehead atoms. The van der Waals surface area contributed by atoms with Crippen molar-refractivity contribution in [3.63, 3.8) is 0 Å². The summed E-state index contributed by atoms with van der Waals surface area (Å²) in [6.07, 6.45) is 3.17. The van der Waals surface area contributed by atoms with Crippen LogP contribution in [-0.2, 0) is 13.6 Å². The molecule has 1 N–H and O–H groups in total. The first kappa shape index (κ1) is 14.6. The third-order valence-corrected chi connectivity index (χ3v) is 2.81. The van der Waals surface area contributed by atoms with Gasteiger partial charge in [0.05, 0.1) is 17.5 Å². The van der Waals surface area contributed by atoms with Crippen LogP contribution in [0.15, 0.2) is 24.5 Å². The lowest BCUT2D eigenvalue weighted by Crippen LogP contribution is -2.25. The second-order valence-electron chi connectivity index (χ2n) is 4.18. The molecular formula is C12H10F2N4O3. The summed E-state index contributed by atoms with van der Waals surface area (Å²) in [5.74, 6) is -3.10. The van der Waals surface area contributed by atoms with Crippen molar-refractivity contribution in [2.75, 3.05) is 0 Å². The molecule has 0 aliphatic heterocycles. The third kappa shape index (κ3) is 3.02. The second-order valence-corrected chi connectivity index (χ2v) is 4.18. The molecule has 2 aromatic rings. The smallest absolute Gasteiger partial charge is 0.285 e. The van der Waals surface area contributed by atoms with Crippen LogP contribution in [0.5, 0.6) is 0 Å². The summed E-state index contributed by atoms with van der Waals surface area (Å²) >= 11 is 0. The predicted molar refractivity (Wildman–Crippen MR) is 67.4 cm³/mol. The van der Waals surface area contributed by atoms with Gasteiger partial charge in [0.1, 0.15) is 11.4 Å². The van der Waals surface area contributed by atoms with Gasteiger partial charge in [0.15, 0.2) is 11.6 Å². The van der Waals surface area contributed by atoms with Gasteiger partial charge in [-0.15, -0.1) is 0 Å². The van der Waals surface area contributed by atoms with E-state index in [2.05, 4.69) is 10.3 Å². The van der Waals surface area contributed by atoms with Gasteiger partial charge in [-0.25, -0.2) is 13.8 Å². The van der Waals surface area contributed by atoms with Gasteiger partial charge in [-0.05, 0) is 6.07 Å². The molecule has 2 rings (SSSR count). The maximum absolute atomic E-state index is 13.2. The van der Waals surface area contributed by atoms with Crippen molar-refractivity contribution in [1.29, 1.82) is 0 Å². The van der Waals surface area contributed by atoms with Gasteiger partial charge in [0.2, 0.25) is 0 Å². The molecular weight excluding hydrogens is 286 g/mol. The molecule has 0 saturated heterocycles. The Labute approximate surface area is 117 Å². The molecule has 0 atom stereocenters. The van der Waals surface area contributed by atoms with Crippen LogP contribution < -0.4 is 5.32 Å². The molecule has 1 heterocycles. The number of nitro benzene ring substituents is 1. The lowest BCUT2D eigenvalue weighted by Gasteiger charge is -2.06. The Bertz CT molecular complexity index is 715. The molecule has 9 heteroatoms. The van der Waals surface area contributed by atoms with Crippen molar-refractivity contribution in [3.8, 4) is 0 Å². The van der Waals surface area contributed by atoms with Crippen molar-refractivity contribution in [3.05, 3.63) is 57.7 Å². The second kappa shape index (κ2) is 5.65. The van der Waals surface area contributed by atoms with Crippen LogP contribution in [0.25, 0.3) is 0 Å². The summed E-state index contributed by atoms with van der Waals surface area (Å²) in [4.78, 5) is 25.7. The van der Waals surface area contributed by atoms with E-state index >= 15 is 0 Å². The zero-order valence-electron chi connectivity index (χ0n) is 10.8. The van der Waals surface area contributed by atoms with E-state index in [1.54, 1.807) is 17.8 Å². The fourth-order valence-electron chi connectivity index (χ4n) is 1.69. The molecule has 1 aromatic heterocycles. The van der Waals surface area contributed by atoms with E-state index in [4.69, 9.17) is 0 Å². The monoisotopic (exact) mass is 296 g/mol. The first-order valence-corrected chi connectivity index (χ1v) is 5.78. The summed E-state index contributed by atoms with van der Waals surface area (Å²) in [5, 5.41) is 13.2. The SMILES string of the molecule is Cn1ccnc1CNC(=O)c1cc(F)c(F)cc1[N+](=O)[O-]. The number of hydrogen-bond donors (Lipinski definition) is 1. The van der Waals surface area contributed by atoms with Crippen LogP contribution in [0.2, 0.25) is 0 Å². The van der Waals surface area contributed by atoms with Gasteiger partial charge in [-0.1, -0.05) is 0 Å². The number of nitro groups is 1. The van der Waals surface area contributed by atoms with Gasteiger partial charge < -0.3 is 9.88 Å². The number of carbonyl (C=O) groups is 1. The van der Waals surface area contributed by atoms with Crippen LogP contribution in [0, 0.1) is 21.7 Å². The molecule has 0 saturated carbocycles. The van der Waals surface area contributed by atoms with Crippen molar-refractivity contribution >= 4 is 11.6 Å². The maximum atomic E-state index is 13.2. The summed E-state index contributed by atoms with van der Waals surface area (Å²) in [6, 6.07) is 0.881. The van der Waals surface area contributed by atoms with Gasteiger partial charge in [-0.2, -0.15) is 0 Å². The molecule has 0 unspecified atom stereocenters. The van der Waals surface area contributed by atoms with E-state index in [1.165, 1.54) is 6.20 Å². The number of amides is 1. The Balaban J connectivity index is 2.24. The van der Waals surface area contributed by atoms with Crippen molar-refractivity contribution in [2.45, 2.75) is 6.54 Å². The van der Waals surface area contributed by atoms with Crippen LogP contribution in [0.4, 0.5) is 14.5 Å². The number of carbonyl (C=O) groups excluding carboxylic acids is 1. The van der Waals surface area contributed by atoms with E-state index in [1.807, 2.05) is 0 Å². The summed E-state index contributed by atoms with van der Waals surface area (Å²) in [6.45, 7) is -0.00150. The number of nitrogens with zero attached hydrogens (tertiary/aromatic N) is 3. The Hall–Kier alpha value is -2.84. The lowest BCUT2D eigenvalue weighted by atomic mass is 10.1. The van der Waals surface area contributed by atoms with Gasteiger partial charge in [-0.3, -0.25) is 14.9 Å². The van der Waals surface area contributed by atoms with E-state index in [9.17, 15) is 23.7 Å². The van der Waals surface area contributed by atoms with Gasteiger partial charge in [0, 0.05) is 19.4 Å². The summed E-state index contributed by atoms with van der Waals surface area (Å²) in [5.41, 5.74) is -1.35. The number of halogens is 2. The highest BCUT2D eigenvalue weighted by atomic mass is 19.2. The number of benzene rings is 1. The zero-order chi connectivity index (χ0) is 15.6. The Morgan fingerprint density at radius 3 is 2.67 bits per heavy atom. The standard InChI is InChI=1S/C12H10F2N4O3/c1-17-3-2-15-11(17)6-16-12(19)7-4-8(13)9(14)5-10(7)18(20)21/h2-5H,6H2,1H3,(H,16,19). The van der Waals surface area contributed by atoms with Crippen LogP contribution in [-0.4, -0.2) is 20.4 Å². The quantitative estimate of drug-likeness (QED) is 0.684. The van der Waals surface area contributed by atoms with Crippen molar-refractivity contribution in [1.82, 2.24) is 14.9 Å². The maximum Gasteiger partial charge on any atom is 0.285 e. The largest absolute Gasteiger partial charge is 0.345 e. The van der Waals surface area contributed by atoms with Crippen LogP contribution in [0.3, 0.4) is 0 Å². The molecule has 110 valence electrons. The van der Waals surface area contributed by atoms with E-state index in [0.717, 1.165) is 0 Å². The molecule has 0 fully saturated rings. The summed E-state index contributed by atoms with van der Waals surface area (Å²) < 4.78 is 27.8. The summed E-state index contributed by atoms with van der Waals surface area (Å²) in [7, 11) is 1.70. The highest BCUT2D eigenvalue weighted by molar-refractivity contribution is 5.98. The molecule has 0 radical (unpaired) electrons. The highest BCUT2D eigenvalue weighted by Crippen LogP contribution is 2.22. The van der Waals surface area contributed by atoms with E-state index in [-0.39, 0.29) is 6.54 Å². The van der Waals surface area contributed by atoms with E-state index in [0.29, 0.717) is 18.0 Å². The molecule has 0 spiro atoms. The minimum atomic E-state index is -1.39. The number of hydrogen-bond acceptors (Lipinski definition) is 4. The molecule has 0 aliphatic carbocycles. The van der Waals surface area contributed by atoms with Crippen molar-refractivity contribution < 1.29 is 18.5 Å². The Morgan fingerprint density at radius 1 is 1.43 bits per heavy atom. The number of rotatable bonds is 4. The minimum Gasteiger partial charge on any atom is -0.345 e. The predicted octanol–water partition coefficient (Wildman–Crippen LogP) is 1.54. The minimum absolute atomic E-state index is 0.00150. The molecule has 1 amide bonds. The molecule has 7 nitrogen and oxygen atoms in total. The molecule has 1 aromatic carbocycles. The first-order valence-electron chi connectivity index (χ1n) is 5.78. The molecule has 21 heavy (non-hydrogen) atoms. The Kier molecular flexibility index (Phi) is 3.92. The van der Waals surface area contributed by atoms with Crippen molar-refractivity contribution in [2.24, 2.45) is 7.05 Å². The highest BCUT2D eigenvalue weighted by Gasteiger charge is 2.23. The fourth-order valence-corrected chi connectivity index (χ4v) is 1.69. The average Bonchev–Trinajstić information content (AvgIpc) is 2.84. The third-order valence-electron chi connectivity index (χ3n) is 2.81. The normalized spacial score (nSPS) is 10.4. The lowest BCUT2D eigenvalue weighted by molar-refractivity contribution is -0.385. The number of aromatic nitrogens is 2. The number of imidazole rings is 1. The van der Waals surface area contributed by atoms with Gasteiger partial charge >= 0.3 is 0 Å². The number of aryl methyl sites for hydroxylation is 1. The topological polar surface area (TPSA) is 90.1 Å². The fraction of sp³-hybridized carbons (Fsp3) is 0.167. The van der Waals surface area contributed by atoms with Gasteiger partial charge in [0.25, 0.3) is 11.6 Å². The average molecular weight is 296 g/mol. The zero-order valence-corrected chi connectivity index (χ0v) is 10.8. The Morgan fingerprint density at radius 2 is 2.10 bits per heavy atom. The van der Waals surface area contributed by atoms with Crippen LogP contribution >= 0.6 is 0 Å². The van der Waals surface area contributed by atoms with Crippen LogP contribution in [0.1, 0.15) is 16.2 Å². The first-order chi connectivity index (χ1) is 9.90. The molecule has 0 aliphatic rings.